The van der Waals surface area contributed by atoms with E-state index in [-0.39, 0.29) is 6.61 Å². The van der Waals surface area contributed by atoms with E-state index >= 15 is 0 Å². The first-order valence-corrected chi connectivity index (χ1v) is 7.81. The summed E-state index contributed by atoms with van der Waals surface area (Å²) >= 11 is 6.49. The lowest BCUT2D eigenvalue weighted by atomic mass is 9.97. The van der Waals surface area contributed by atoms with Crippen LogP contribution >= 0.6 is 11.6 Å². The summed E-state index contributed by atoms with van der Waals surface area (Å²) in [5.41, 5.74) is 4.89. The van der Waals surface area contributed by atoms with Gasteiger partial charge in [-0.25, -0.2) is 4.79 Å². The number of nitrogens with one attached hydrogen (secondary N) is 1. The van der Waals surface area contributed by atoms with Crippen molar-refractivity contribution in [3.8, 4) is 11.1 Å². The number of fused-ring (bicyclic) bond motifs is 1. The Morgan fingerprint density at radius 1 is 1.38 bits per heavy atom. The number of halogens is 1. The van der Waals surface area contributed by atoms with Crippen LogP contribution in [0.5, 0.6) is 0 Å². The number of hydrogen-bond acceptors (Lipinski definition) is 4. The summed E-state index contributed by atoms with van der Waals surface area (Å²) in [5, 5.41) is 15.4. The molecule has 0 aliphatic carbocycles. The molecule has 24 heavy (non-hydrogen) atoms. The Morgan fingerprint density at radius 3 is 2.71 bits per heavy atom. The van der Waals surface area contributed by atoms with E-state index in [1.807, 2.05) is 27.0 Å². The highest BCUT2D eigenvalue weighted by atomic mass is 35.5. The third-order valence-electron chi connectivity index (χ3n) is 4.36. The summed E-state index contributed by atoms with van der Waals surface area (Å²) in [5.74, 6) is -0.434. The quantitative estimate of drug-likeness (QED) is 0.713. The van der Waals surface area contributed by atoms with Gasteiger partial charge in [-0.3, -0.25) is 4.68 Å². The third-order valence-corrected chi connectivity index (χ3v) is 4.67. The molecule has 3 aromatic rings. The van der Waals surface area contributed by atoms with Gasteiger partial charge in [0.05, 0.1) is 19.4 Å². The second kappa shape index (κ2) is 5.96. The summed E-state index contributed by atoms with van der Waals surface area (Å²) in [6, 6.07) is 3.59. The van der Waals surface area contributed by atoms with Crippen molar-refractivity contribution in [1.82, 2.24) is 14.8 Å². The Bertz CT molecular complexity index is 956. The molecule has 0 saturated heterocycles. The molecular weight excluding hydrogens is 330 g/mol. The molecule has 0 bridgehead atoms. The van der Waals surface area contributed by atoms with E-state index in [2.05, 4.69) is 10.1 Å². The predicted octanol–water partition coefficient (Wildman–Crippen LogP) is 3.12. The molecular formula is C17H18ClN3O3. The Kier molecular flexibility index (Phi) is 4.11. The molecule has 0 fully saturated rings. The van der Waals surface area contributed by atoms with Gasteiger partial charge in [0.15, 0.2) is 0 Å². The topological polar surface area (TPSA) is 80.1 Å². The number of aliphatic hydroxyl groups is 1. The first-order valence-electron chi connectivity index (χ1n) is 7.43. The number of aliphatic hydroxyl groups excluding tert-OH is 1. The third kappa shape index (κ3) is 2.30. The molecule has 0 spiro atoms. The summed E-state index contributed by atoms with van der Waals surface area (Å²) < 4.78 is 6.54. The van der Waals surface area contributed by atoms with Crippen molar-refractivity contribution < 1.29 is 14.6 Å². The summed E-state index contributed by atoms with van der Waals surface area (Å²) in [7, 11) is 3.16. The minimum absolute atomic E-state index is 0.197. The number of esters is 1. The molecule has 0 saturated carbocycles. The van der Waals surface area contributed by atoms with Gasteiger partial charge >= 0.3 is 5.97 Å². The molecule has 6 nitrogen and oxygen atoms in total. The van der Waals surface area contributed by atoms with Crippen LogP contribution in [0.1, 0.15) is 27.4 Å². The first kappa shape index (κ1) is 16.5. The van der Waals surface area contributed by atoms with Crippen molar-refractivity contribution in [2.45, 2.75) is 20.5 Å². The van der Waals surface area contributed by atoms with E-state index in [9.17, 15) is 9.90 Å². The summed E-state index contributed by atoms with van der Waals surface area (Å²) in [4.78, 5) is 15.1. The molecule has 2 heterocycles. The number of nitrogens with zero attached hydrogens (tertiary/aromatic N) is 2. The van der Waals surface area contributed by atoms with Gasteiger partial charge in [0, 0.05) is 39.8 Å². The van der Waals surface area contributed by atoms with E-state index in [1.54, 1.807) is 10.7 Å². The smallest absolute Gasteiger partial charge is 0.354 e. The minimum atomic E-state index is -0.434. The van der Waals surface area contributed by atoms with Crippen LogP contribution in [0.4, 0.5) is 0 Å². The van der Waals surface area contributed by atoms with E-state index in [0.717, 1.165) is 33.3 Å². The molecule has 0 radical (unpaired) electrons. The molecule has 1 aromatic carbocycles. The van der Waals surface area contributed by atoms with Gasteiger partial charge in [0.1, 0.15) is 5.69 Å². The van der Waals surface area contributed by atoms with Crippen molar-refractivity contribution in [3.05, 3.63) is 39.8 Å². The van der Waals surface area contributed by atoms with Crippen LogP contribution in [0.2, 0.25) is 5.02 Å². The molecule has 0 aliphatic heterocycles. The highest BCUT2D eigenvalue weighted by Crippen LogP contribution is 2.41. The first-order chi connectivity index (χ1) is 11.4. The lowest BCUT2D eigenvalue weighted by Gasteiger charge is -2.09. The Hall–Kier alpha value is -2.31. The average Bonchev–Trinajstić information content (AvgIpc) is 3.05. The van der Waals surface area contributed by atoms with Crippen LogP contribution in [0.15, 0.2) is 12.1 Å². The Labute approximate surface area is 144 Å². The maximum Gasteiger partial charge on any atom is 0.354 e. The number of carbonyl (C=O) groups is 1. The minimum Gasteiger partial charge on any atom is -0.464 e. The maximum absolute atomic E-state index is 12.0. The largest absolute Gasteiger partial charge is 0.464 e. The van der Waals surface area contributed by atoms with Gasteiger partial charge in [-0.1, -0.05) is 11.6 Å². The van der Waals surface area contributed by atoms with Crippen molar-refractivity contribution in [3.63, 3.8) is 0 Å². The number of ether oxygens (including phenoxy) is 1. The SMILES string of the molecule is COC(=O)c1[nH]c2ccc(Cl)c(-c3c(CO)nn(C)c3C)c2c1C. The van der Waals surface area contributed by atoms with Crippen LogP contribution in [-0.2, 0) is 18.4 Å². The van der Waals surface area contributed by atoms with Gasteiger partial charge in [-0.15, -0.1) is 0 Å². The van der Waals surface area contributed by atoms with Crippen LogP contribution < -0.4 is 0 Å². The highest BCUT2D eigenvalue weighted by Gasteiger charge is 2.24. The molecule has 3 rings (SSSR count). The molecule has 0 unspecified atom stereocenters. The van der Waals surface area contributed by atoms with Gasteiger partial charge < -0.3 is 14.8 Å². The lowest BCUT2D eigenvalue weighted by molar-refractivity contribution is 0.0594. The monoisotopic (exact) mass is 347 g/mol. The molecule has 2 aromatic heterocycles. The van der Waals surface area contributed by atoms with Gasteiger partial charge in [-0.2, -0.15) is 5.10 Å². The van der Waals surface area contributed by atoms with Crippen LogP contribution in [0, 0.1) is 13.8 Å². The standard InChI is InChI=1S/C17H18ClN3O3/c1-8-13-11(19-16(8)17(23)24-4)6-5-10(18)15(13)14-9(2)21(3)20-12(14)7-22/h5-6,19,22H,7H2,1-4H3. The summed E-state index contributed by atoms with van der Waals surface area (Å²) in [6.45, 7) is 3.56. The van der Waals surface area contributed by atoms with Crippen molar-refractivity contribution >= 4 is 28.5 Å². The molecule has 2 N–H and O–H groups in total. The zero-order valence-corrected chi connectivity index (χ0v) is 14.7. The van der Waals surface area contributed by atoms with E-state index in [4.69, 9.17) is 16.3 Å². The number of rotatable bonds is 3. The van der Waals surface area contributed by atoms with E-state index in [0.29, 0.717) is 16.4 Å². The van der Waals surface area contributed by atoms with Crippen LogP contribution in [-0.4, -0.2) is 33.0 Å². The number of aryl methyl sites for hydroxylation is 2. The van der Waals surface area contributed by atoms with Gasteiger partial charge in [0.25, 0.3) is 0 Å². The van der Waals surface area contributed by atoms with E-state index < -0.39 is 5.97 Å². The fourth-order valence-corrected chi connectivity index (χ4v) is 3.34. The fourth-order valence-electron chi connectivity index (χ4n) is 3.09. The second-order valence-corrected chi connectivity index (χ2v) is 6.06. The van der Waals surface area contributed by atoms with E-state index in [1.165, 1.54) is 7.11 Å². The van der Waals surface area contributed by atoms with Crippen molar-refractivity contribution in [1.29, 1.82) is 0 Å². The fraction of sp³-hybridized carbons (Fsp3) is 0.294. The van der Waals surface area contributed by atoms with Crippen molar-refractivity contribution in [2.24, 2.45) is 7.05 Å². The molecule has 7 heteroatoms. The number of hydrogen-bond donors (Lipinski definition) is 2. The zero-order valence-electron chi connectivity index (χ0n) is 13.9. The number of benzene rings is 1. The number of aromatic nitrogens is 3. The normalized spacial score (nSPS) is 11.2. The van der Waals surface area contributed by atoms with Gasteiger partial charge in [0.2, 0.25) is 0 Å². The van der Waals surface area contributed by atoms with Gasteiger partial charge in [-0.05, 0) is 31.5 Å². The lowest BCUT2D eigenvalue weighted by Crippen LogP contribution is -2.03. The molecule has 0 amide bonds. The Balaban J connectivity index is 2.43. The Morgan fingerprint density at radius 2 is 2.08 bits per heavy atom. The number of aromatic amines is 1. The highest BCUT2D eigenvalue weighted by molar-refractivity contribution is 6.35. The number of carbonyl (C=O) groups excluding carboxylic acids is 1. The molecule has 0 atom stereocenters. The van der Waals surface area contributed by atoms with Crippen LogP contribution in [0.3, 0.4) is 0 Å². The average molecular weight is 348 g/mol. The predicted molar refractivity (Wildman–Crippen MR) is 92.2 cm³/mol. The number of methoxy groups -OCH3 is 1. The molecule has 0 aliphatic rings. The zero-order chi connectivity index (χ0) is 17.6. The number of H-pyrrole nitrogens is 1. The molecule has 126 valence electrons. The second-order valence-electron chi connectivity index (χ2n) is 5.65. The van der Waals surface area contributed by atoms with Crippen LogP contribution in [0.25, 0.3) is 22.0 Å². The van der Waals surface area contributed by atoms with Crippen molar-refractivity contribution in [2.75, 3.05) is 7.11 Å². The summed E-state index contributed by atoms with van der Waals surface area (Å²) in [6.07, 6.45) is 0. The maximum atomic E-state index is 12.0.